The van der Waals surface area contributed by atoms with Crippen molar-refractivity contribution in [1.82, 2.24) is 0 Å². The maximum absolute atomic E-state index is 4.72. The molecule has 0 unspecified atom stereocenters. The van der Waals surface area contributed by atoms with Crippen molar-refractivity contribution in [1.29, 1.82) is 0 Å². The monoisotopic (exact) mass is 536 g/mol. The van der Waals surface area contributed by atoms with Gasteiger partial charge in [0.2, 0.25) is 0 Å². The van der Waals surface area contributed by atoms with E-state index in [-0.39, 0.29) is 0 Å². The molecule has 1 aliphatic carbocycles. The number of nitrogens with zero attached hydrogens (tertiary/aromatic N) is 2. The Labute approximate surface area is 236 Å². The predicted molar refractivity (Wildman–Crippen MR) is 167 cm³/mol. The van der Waals surface area contributed by atoms with Crippen molar-refractivity contribution in [3.8, 4) is 11.1 Å². The molecule has 1 aliphatic rings. The number of hydrogen-bond donors (Lipinski definition) is 0. The lowest BCUT2D eigenvalue weighted by molar-refractivity contribution is 0.768. The molecule has 0 amide bonds. The van der Waals surface area contributed by atoms with Gasteiger partial charge < -0.3 is 0 Å². The third kappa shape index (κ3) is 4.19. The largest absolute Gasteiger partial charge is 0.255 e. The van der Waals surface area contributed by atoms with Crippen LogP contribution in [0.2, 0.25) is 0 Å². The molecular formula is C35H24N2S2. The van der Waals surface area contributed by atoms with E-state index < -0.39 is 5.41 Å². The van der Waals surface area contributed by atoms with Crippen LogP contribution in [0.5, 0.6) is 0 Å². The van der Waals surface area contributed by atoms with Gasteiger partial charge in [0.15, 0.2) is 0 Å². The van der Waals surface area contributed by atoms with Crippen molar-refractivity contribution in [2.45, 2.75) is 5.41 Å². The summed E-state index contributed by atoms with van der Waals surface area (Å²) in [6.45, 7) is 0. The summed E-state index contributed by atoms with van der Waals surface area (Å²) in [5.41, 5.74) is 9.08. The van der Waals surface area contributed by atoms with Crippen LogP contribution in [0.1, 0.15) is 32.0 Å². The highest BCUT2D eigenvalue weighted by atomic mass is 32.1. The highest BCUT2D eigenvalue weighted by molar-refractivity contribution is 7.12. The number of thiophene rings is 2. The fourth-order valence-electron chi connectivity index (χ4n) is 5.62. The molecular weight excluding hydrogens is 513 g/mol. The first-order valence-electron chi connectivity index (χ1n) is 12.9. The Hall–Kier alpha value is -4.38. The quantitative estimate of drug-likeness (QED) is 0.189. The highest BCUT2D eigenvalue weighted by Gasteiger charge is 2.45. The smallest absolute Gasteiger partial charge is 0.0713 e. The lowest BCUT2D eigenvalue weighted by Crippen LogP contribution is -2.28. The SMILES string of the molecule is C(=Nc1ccc(C2(c3ccc(N=Cc4cccs4)cc3)c3ccccc3-c3ccccc32)cc1)c1cccs1. The van der Waals surface area contributed by atoms with Gasteiger partial charge in [0.05, 0.1) is 16.8 Å². The molecule has 4 aromatic carbocycles. The molecule has 2 heterocycles. The molecule has 2 nitrogen and oxygen atoms in total. The van der Waals surface area contributed by atoms with Crippen molar-refractivity contribution >= 4 is 46.5 Å². The van der Waals surface area contributed by atoms with E-state index in [0.717, 1.165) is 21.1 Å². The van der Waals surface area contributed by atoms with Gasteiger partial charge in [0, 0.05) is 22.2 Å². The molecule has 0 saturated carbocycles. The Bertz CT molecular complexity index is 1640. The summed E-state index contributed by atoms with van der Waals surface area (Å²) in [6.07, 6.45) is 3.87. The molecule has 7 rings (SSSR count). The van der Waals surface area contributed by atoms with E-state index in [0.29, 0.717) is 0 Å². The maximum Gasteiger partial charge on any atom is 0.0713 e. The molecule has 4 heteroatoms. The van der Waals surface area contributed by atoms with Crippen LogP contribution in [0.25, 0.3) is 11.1 Å². The first-order valence-corrected chi connectivity index (χ1v) is 14.6. The second-order valence-electron chi connectivity index (χ2n) is 9.48. The van der Waals surface area contributed by atoms with E-state index in [2.05, 4.69) is 120 Å². The standard InChI is InChI=1S/C35H24N2S2/c1-3-11-33-31(9-1)32-10-2-4-12-34(32)35(33,25-13-17-27(18-14-25)36-23-29-7-5-21-38-29)26-15-19-28(20-16-26)37-24-30-8-6-22-39-30/h1-24H. The number of fused-ring (bicyclic) bond motifs is 3. The third-order valence-electron chi connectivity index (χ3n) is 7.32. The Morgan fingerprint density at radius 3 is 1.31 bits per heavy atom. The first kappa shape index (κ1) is 23.7. The van der Waals surface area contributed by atoms with Gasteiger partial charge in [-0.1, -0.05) is 84.9 Å². The number of hydrogen-bond acceptors (Lipinski definition) is 4. The van der Waals surface area contributed by atoms with Crippen LogP contribution >= 0.6 is 22.7 Å². The second kappa shape index (κ2) is 10.1. The lowest BCUT2D eigenvalue weighted by Gasteiger charge is -2.34. The van der Waals surface area contributed by atoms with Gasteiger partial charge in [-0.25, -0.2) is 0 Å². The van der Waals surface area contributed by atoms with Crippen LogP contribution < -0.4 is 0 Å². The van der Waals surface area contributed by atoms with E-state index in [1.165, 1.54) is 33.4 Å². The molecule has 0 N–H and O–H groups in total. The van der Waals surface area contributed by atoms with Crippen LogP contribution in [-0.4, -0.2) is 12.4 Å². The fraction of sp³-hybridized carbons (Fsp3) is 0.0286. The van der Waals surface area contributed by atoms with E-state index >= 15 is 0 Å². The molecule has 39 heavy (non-hydrogen) atoms. The van der Waals surface area contributed by atoms with Gasteiger partial charge in [0.25, 0.3) is 0 Å². The summed E-state index contributed by atoms with van der Waals surface area (Å²) in [5.74, 6) is 0. The van der Waals surface area contributed by atoms with Gasteiger partial charge in [-0.05, 0) is 80.5 Å². The number of aliphatic imine (C=N–C) groups is 2. The zero-order chi connectivity index (χ0) is 26.1. The van der Waals surface area contributed by atoms with Gasteiger partial charge in [-0.2, -0.15) is 0 Å². The Morgan fingerprint density at radius 1 is 0.462 bits per heavy atom. The zero-order valence-corrected chi connectivity index (χ0v) is 22.7. The Kier molecular flexibility index (Phi) is 6.12. The minimum Gasteiger partial charge on any atom is -0.255 e. The molecule has 0 aliphatic heterocycles. The van der Waals surface area contributed by atoms with Gasteiger partial charge in [-0.3, -0.25) is 9.98 Å². The summed E-state index contributed by atoms with van der Waals surface area (Å²) < 4.78 is 0. The van der Waals surface area contributed by atoms with E-state index in [4.69, 9.17) is 9.98 Å². The summed E-state index contributed by atoms with van der Waals surface area (Å²) in [7, 11) is 0. The van der Waals surface area contributed by atoms with Crippen LogP contribution in [0.4, 0.5) is 11.4 Å². The summed E-state index contributed by atoms with van der Waals surface area (Å²) in [4.78, 5) is 11.7. The predicted octanol–water partition coefficient (Wildman–Crippen LogP) is 9.67. The molecule has 0 spiro atoms. The summed E-state index contributed by atoms with van der Waals surface area (Å²) >= 11 is 3.38. The maximum atomic E-state index is 4.72. The number of rotatable bonds is 6. The van der Waals surface area contributed by atoms with Gasteiger partial charge in [0.1, 0.15) is 0 Å². The average Bonchev–Trinajstić information content (AvgIpc) is 3.77. The molecule has 6 aromatic rings. The first-order chi connectivity index (χ1) is 19.3. The molecule has 0 bridgehead atoms. The second-order valence-corrected chi connectivity index (χ2v) is 11.4. The normalized spacial score (nSPS) is 13.6. The minimum atomic E-state index is -0.431. The highest BCUT2D eigenvalue weighted by Crippen LogP contribution is 2.56. The molecule has 2 aromatic heterocycles. The van der Waals surface area contributed by atoms with Crippen molar-refractivity contribution in [3.05, 3.63) is 164 Å². The minimum absolute atomic E-state index is 0.431. The van der Waals surface area contributed by atoms with E-state index in [1.807, 2.05) is 24.6 Å². The third-order valence-corrected chi connectivity index (χ3v) is 8.93. The van der Waals surface area contributed by atoms with Crippen LogP contribution in [0.3, 0.4) is 0 Å². The van der Waals surface area contributed by atoms with Crippen molar-refractivity contribution in [3.63, 3.8) is 0 Å². The van der Waals surface area contributed by atoms with Crippen molar-refractivity contribution < 1.29 is 0 Å². The van der Waals surface area contributed by atoms with Gasteiger partial charge >= 0.3 is 0 Å². The van der Waals surface area contributed by atoms with Crippen molar-refractivity contribution in [2.75, 3.05) is 0 Å². The molecule has 0 radical (unpaired) electrons. The van der Waals surface area contributed by atoms with Crippen LogP contribution in [0, 0.1) is 0 Å². The Morgan fingerprint density at radius 2 is 0.897 bits per heavy atom. The summed E-state index contributed by atoms with van der Waals surface area (Å²) in [5, 5.41) is 4.14. The van der Waals surface area contributed by atoms with E-state index in [1.54, 1.807) is 22.7 Å². The topological polar surface area (TPSA) is 24.7 Å². The molecule has 0 fully saturated rings. The molecule has 0 saturated heterocycles. The average molecular weight is 537 g/mol. The van der Waals surface area contributed by atoms with E-state index in [9.17, 15) is 0 Å². The van der Waals surface area contributed by atoms with Crippen LogP contribution in [0.15, 0.2) is 142 Å². The number of benzene rings is 4. The summed E-state index contributed by atoms with van der Waals surface area (Å²) in [6, 6.07) is 43.4. The molecule has 0 atom stereocenters. The van der Waals surface area contributed by atoms with Crippen LogP contribution in [-0.2, 0) is 5.41 Å². The van der Waals surface area contributed by atoms with Gasteiger partial charge in [-0.15, -0.1) is 22.7 Å². The Balaban J connectivity index is 1.36. The zero-order valence-electron chi connectivity index (χ0n) is 21.1. The fourth-order valence-corrected chi connectivity index (χ4v) is 6.79. The molecule has 186 valence electrons. The van der Waals surface area contributed by atoms with Crippen molar-refractivity contribution in [2.24, 2.45) is 9.98 Å². The lowest BCUT2D eigenvalue weighted by atomic mass is 9.67.